The van der Waals surface area contributed by atoms with E-state index in [1.54, 1.807) is 24.3 Å². The lowest BCUT2D eigenvalue weighted by molar-refractivity contribution is 0.299. The minimum atomic E-state index is -0.451. The average Bonchev–Trinajstić information content (AvgIpc) is 2.38. The molecule has 0 amide bonds. The fourth-order valence-electron chi connectivity index (χ4n) is 1.55. The summed E-state index contributed by atoms with van der Waals surface area (Å²) in [7, 11) is 0. The molecule has 0 spiro atoms. The van der Waals surface area contributed by atoms with E-state index < -0.39 is 5.82 Å². The van der Waals surface area contributed by atoms with Gasteiger partial charge in [0.05, 0.1) is 10.0 Å². The van der Waals surface area contributed by atoms with E-state index in [-0.39, 0.29) is 22.8 Å². The fourth-order valence-corrected chi connectivity index (χ4v) is 1.98. The maximum Gasteiger partial charge on any atom is 0.139 e. The lowest BCUT2D eigenvalue weighted by atomic mass is 10.2. The molecule has 0 fully saturated rings. The van der Waals surface area contributed by atoms with Gasteiger partial charge in [0.15, 0.2) is 0 Å². The Balaban J connectivity index is 2.25. The molecule has 0 aliphatic carbocycles. The molecule has 0 unspecified atom stereocenters. The number of nitriles is 1. The van der Waals surface area contributed by atoms with Gasteiger partial charge in [-0.2, -0.15) is 5.26 Å². The van der Waals surface area contributed by atoms with Gasteiger partial charge in [0.2, 0.25) is 0 Å². The van der Waals surface area contributed by atoms with E-state index in [0.29, 0.717) is 10.8 Å². The van der Waals surface area contributed by atoms with Gasteiger partial charge in [0.25, 0.3) is 0 Å². The zero-order valence-corrected chi connectivity index (χ0v) is 11.2. The van der Waals surface area contributed by atoms with Crippen LogP contribution in [0.3, 0.4) is 0 Å². The van der Waals surface area contributed by atoms with Gasteiger partial charge in [0, 0.05) is 5.56 Å². The second-order valence-corrected chi connectivity index (χ2v) is 4.53. The maximum atomic E-state index is 13.6. The third-order valence-corrected chi connectivity index (χ3v) is 3.19. The van der Waals surface area contributed by atoms with Crippen molar-refractivity contribution < 1.29 is 9.13 Å². The van der Waals surface area contributed by atoms with Crippen molar-refractivity contribution in [3.8, 4) is 11.8 Å². The van der Waals surface area contributed by atoms with E-state index in [1.165, 1.54) is 12.1 Å². The minimum absolute atomic E-state index is 0.0689. The molecule has 2 nitrogen and oxygen atoms in total. The van der Waals surface area contributed by atoms with Gasteiger partial charge in [-0.1, -0.05) is 35.3 Å². The summed E-state index contributed by atoms with van der Waals surface area (Å²) in [4.78, 5) is 0. The third kappa shape index (κ3) is 2.98. The molecule has 0 N–H and O–H groups in total. The zero-order valence-electron chi connectivity index (χ0n) is 9.66. The highest BCUT2D eigenvalue weighted by Gasteiger charge is 2.11. The summed E-state index contributed by atoms with van der Waals surface area (Å²) < 4.78 is 19.0. The molecular weight excluding hydrogens is 288 g/mol. The topological polar surface area (TPSA) is 33.0 Å². The molecule has 0 atom stereocenters. The molecule has 0 aliphatic rings. The van der Waals surface area contributed by atoms with Crippen molar-refractivity contribution in [3.63, 3.8) is 0 Å². The molecule has 5 heteroatoms. The largest absolute Gasteiger partial charge is 0.487 e. The van der Waals surface area contributed by atoms with Crippen LogP contribution in [0.4, 0.5) is 4.39 Å². The van der Waals surface area contributed by atoms with Gasteiger partial charge in [-0.3, -0.25) is 0 Å². The van der Waals surface area contributed by atoms with E-state index in [0.717, 1.165) is 0 Å². The summed E-state index contributed by atoms with van der Waals surface area (Å²) in [5, 5.41) is 9.56. The Hall–Kier alpha value is -1.76. The monoisotopic (exact) mass is 295 g/mol. The minimum Gasteiger partial charge on any atom is -0.487 e. The van der Waals surface area contributed by atoms with Gasteiger partial charge >= 0.3 is 0 Å². The Morgan fingerprint density at radius 1 is 1.11 bits per heavy atom. The lowest BCUT2D eigenvalue weighted by Crippen LogP contribution is -2.01. The molecule has 0 heterocycles. The van der Waals surface area contributed by atoms with E-state index in [2.05, 4.69) is 0 Å². The number of ether oxygens (including phenoxy) is 1. The molecule has 96 valence electrons. The lowest BCUT2D eigenvalue weighted by Gasteiger charge is -2.10. The molecule has 2 aromatic rings. The molecular formula is C14H8Cl2FNO. The molecule has 2 rings (SSSR count). The molecule has 2 aromatic carbocycles. The number of halogens is 3. The zero-order chi connectivity index (χ0) is 13.8. The summed E-state index contributed by atoms with van der Waals surface area (Å²) in [6.07, 6.45) is 0. The molecule has 0 aromatic heterocycles. The Morgan fingerprint density at radius 2 is 1.79 bits per heavy atom. The number of benzene rings is 2. The molecule has 0 saturated heterocycles. The van der Waals surface area contributed by atoms with Crippen LogP contribution in [0.25, 0.3) is 0 Å². The summed E-state index contributed by atoms with van der Waals surface area (Å²) in [6, 6.07) is 11.2. The Morgan fingerprint density at radius 3 is 2.47 bits per heavy atom. The van der Waals surface area contributed by atoms with Gasteiger partial charge < -0.3 is 4.74 Å². The molecule has 0 aliphatic heterocycles. The summed E-state index contributed by atoms with van der Waals surface area (Å²) in [6.45, 7) is -0.0689. The van der Waals surface area contributed by atoms with Crippen molar-refractivity contribution in [2.75, 3.05) is 0 Å². The summed E-state index contributed by atoms with van der Waals surface area (Å²) in [5.41, 5.74) is 0.463. The van der Waals surface area contributed by atoms with Crippen LogP contribution in [0.2, 0.25) is 10.0 Å². The standard InChI is InChI=1S/C14H8Cl2FNO/c15-11-4-2-6-14(9(11)7-18)19-8-10-12(16)3-1-5-13(10)17/h1-6H,8H2. The average molecular weight is 296 g/mol. The summed E-state index contributed by atoms with van der Waals surface area (Å²) in [5.74, 6) is -0.151. The number of hydrogen-bond donors (Lipinski definition) is 0. The van der Waals surface area contributed by atoms with Crippen molar-refractivity contribution >= 4 is 23.2 Å². The van der Waals surface area contributed by atoms with Crippen LogP contribution in [-0.4, -0.2) is 0 Å². The Bertz CT molecular complexity index is 632. The highest BCUT2D eigenvalue weighted by atomic mass is 35.5. The maximum absolute atomic E-state index is 13.6. The third-order valence-electron chi connectivity index (χ3n) is 2.52. The second-order valence-electron chi connectivity index (χ2n) is 3.71. The van der Waals surface area contributed by atoms with Gasteiger partial charge in [0.1, 0.15) is 29.8 Å². The van der Waals surface area contributed by atoms with E-state index in [9.17, 15) is 4.39 Å². The van der Waals surface area contributed by atoms with Gasteiger partial charge in [-0.05, 0) is 24.3 Å². The first-order chi connectivity index (χ1) is 9.13. The number of hydrogen-bond acceptors (Lipinski definition) is 2. The Kier molecular flexibility index (Phi) is 4.26. The number of rotatable bonds is 3. The van der Waals surface area contributed by atoms with Crippen LogP contribution in [0.15, 0.2) is 36.4 Å². The van der Waals surface area contributed by atoms with Crippen LogP contribution >= 0.6 is 23.2 Å². The van der Waals surface area contributed by atoms with Crippen molar-refractivity contribution in [2.45, 2.75) is 6.61 Å². The predicted octanol–water partition coefficient (Wildman–Crippen LogP) is 4.58. The van der Waals surface area contributed by atoms with Crippen LogP contribution in [-0.2, 0) is 6.61 Å². The van der Waals surface area contributed by atoms with E-state index >= 15 is 0 Å². The second kappa shape index (κ2) is 5.92. The van der Waals surface area contributed by atoms with Crippen LogP contribution in [0, 0.1) is 17.1 Å². The van der Waals surface area contributed by atoms with Gasteiger partial charge in [-0.15, -0.1) is 0 Å². The molecule has 19 heavy (non-hydrogen) atoms. The number of nitrogens with zero attached hydrogens (tertiary/aromatic N) is 1. The fraction of sp³-hybridized carbons (Fsp3) is 0.0714. The van der Waals surface area contributed by atoms with Crippen LogP contribution in [0.1, 0.15) is 11.1 Å². The highest BCUT2D eigenvalue weighted by Crippen LogP contribution is 2.27. The van der Waals surface area contributed by atoms with Gasteiger partial charge in [-0.25, -0.2) is 4.39 Å². The van der Waals surface area contributed by atoms with E-state index in [1.807, 2.05) is 6.07 Å². The first-order valence-corrected chi connectivity index (χ1v) is 6.13. The van der Waals surface area contributed by atoms with Crippen molar-refractivity contribution in [1.82, 2.24) is 0 Å². The SMILES string of the molecule is N#Cc1c(Cl)cccc1OCc1c(F)cccc1Cl. The highest BCUT2D eigenvalue weighted by molar-refractivity contribution is 6.32. The normalized spacial score (nSPS) is 10.0. The smallest absolute Gasteiger partial charge is 0.139 e. The van der Waals surface area contributed by atoms with Crippen LogP contribution in [0.5, 0.6) is 5.75 Å². The van der Waals surface area contributed by atoms with Crippen molar-refractivity contribution in [2.24, 2.45) is 0 Å². The van der Waals surface area contributed by atoms with Crippen LogP contribution < -0.4 is 4.74 Å². The van der Waals surface area contributed by atoms with Crippen molar-refractivity contribution in [1.29, 1.82) is 5.26 Å². The molecule has 0 saturated carbocycles. The first-order valence-electron chi connectivity index (χ1n) is 5.37. The van der Waals surface area contributed by atoms with E-state index in [4.69, 9.17) is 33.2 Å². The predicted molar refractivity (Wildman–Crippen MR) is 71.9 cm³/mol. The Labute approximate surface area is 119 Å². The summed E-state index contributed by atoms with van der Waals surface area (Å²) >= 11 is 11.8. The first kappa shape index (κ1) is 13.7. The van der Waals surface area contributed by atoms with Crippen molar-refractivity contribution in [3.05, 3.63) is 63.4 Å². The quantitative estimate of drug-likeness (QED) is 0.830. The molecule has 0 radical (unpaired) electrons. The molecule has 0 bridgehead atoms.